The van der Waals surface area contributed by atoms with Crippen LogP contribution in [0.5, 0.6) is 11.5 Å². The normalized spacial score (nSPS) is 12.2. The Kier molecular flexibility index (Phi) is 4.35. The largest absolute Gasteiger partial charge is 0.457 e. The molecule has 1 atom stereocenters. The number of aryl methyl sites for hydroxylation is 1. The van der Waals surface area contributed by atoms with Gasteiger partial charge in [0.2, 0.25) is 0 Å². The maximum absolute atomic E-state index is 14.0. The standard InChI is InChI=1S/C16H17F2NO/c1-10-9-12(17)7-8-14(10)20-15-6-4-5-13(18)16(15)11(2)19-3/h4-9,11,19H,1-3H3. The first-order chi connectivity index (χ1) is 9.52. The highest BCUT2D eigenvalue weighted by Gasteiger charge is 2.16. The van der Waals surface area contributed by atoms with E-state index in [1.807, 2.05) is 6.92 Å². The van der Waals surface area contributed by atoms with E-state index >= 15 is 0 Å². The number of ether oxygens (including phenoxy) is 1. The first kappa shape index (κ1) is 14.5. The molecule has 20 heavy (non-hydrogen) atoms. The predicted octanol–water partition coefficient (Wildman–Crippen LogP) is 4.35. The molecular weight excluding hydrogens is 260 g/mol. The van der Waals surface area contributed by atoms with Crippen LogP contribution in [0.4, 0.5) is 8.78 Å². The lowest BCUT2D eigenvalue weighted by atomic mass is 10.1. The fourth-order valence-corrected chi connectivity index (χ4v) is 2.02. The Morgan fingerprint density at radius 2 is 1.85 bits per heavy atom. The summed E-state index contributed by atoms with van der Waals surface area (Å²) in [6, 6.07) is 8.76. The van der Waals surface area contributed by atoms with Gasteiger partial charge in [-0.2, -0.15) is 0 Å². The summed E-state index contributed by atoms with van der Waals surface area (Å²) in [7, 11) is 1.75. The summed E-state index contributed by atoms with van der Waals surface area (Å²) in [5, 5.41) is 2.99. The van der Waals surface area contributed by atoms with Gasteiger partial charge in [0.05, 0.1) is 0 Å². The number of rotatable bonds is 4. The van der Waals surface area contributed by atoms with Crippen molar-refractivity contribution >= 4 is 0 Å². The average molecular weight is 277 g/mol. The Labute approximate surface area is 117 Å². The van der Waals surface area contributed by atoms with Crippen molar-refractivity contribution in [3.8, 4) is 11.5 Å². The number of benzene rings is 2. The van der Waals surface area contributed by atoms with Gasteiger partial charge in [0, 0.05) is 11.6 Å². The van der Waals surface area contributed by atoms with Crippen LogP contribution in [0.3, 0.4) is 0 Å². The molecule has 0 bridgehead atoms. The Morgan fingerprint density at radius 3 is 2.50 bits per heavy atom. The quantitative estimate of drug-likeness (QED) is 0.897. The van der Waals surface area contributed by atoms with Gasteiger partial charge in [-0.15, -0.1) is 0 Å². The van der Waals surface area contributed by atoms with Crippen LogP contribution in [0, 0.1) is 18.6 Å². The lowest BCUT2D eigenvalue weighted by molar-refractivity contribution is 0.448. The van der Waals surface area contributed by atoms with Crippen molar-refractivity contribution in [2.24, 2.45) is 0 Å². The molecule has 0 amide bonds. The summed E-state index contributed by atoms with van der Waals surface area (Å²) in [4.78, 5) is 0. The van der Waals surface area contributed by atoms with E-state index in [2.05, 4.69) is 5.32 Å². The molecule has 0 saturated carbocycles. The van der Waals surface area contributed by atoms with Crippen molar-refractivity contribution in [1.82, 2.24) is 5.32 Å². The molecule has 2 rings (SSSR count). The zero-order chi connectivity index (χ0) is 14.7. The summed E-state index contributed by atoms with van der Waals surface area (Å²) in [6.45, 7) is 3.60. The first-order valence-electron chi connectivity index (χ1n) is 6.42. The molecular formula is C16H17F2NO. The van der Waals surface area contributed by atoms with Crippen LogP contribution >= 0.6 is 0 Å². The van der Waals surface area contributed by atoms with Crippen LogP contribution in [0.25, 0.3) is 0 Å². The van der Waals surface area contributed by atoms with Gasteiger partial charge in [-0.1, -0.05) is 6.07 Å². The van der Waals surface area contributed by atoms with Gasteiger partial charge >= 0.3 is 0 Å². The molecule has 4 heteroatoms. The lowest BCUT2D eigenvalue weighted by Gasteiger charge is -2.18. The van der Waals surface area contributed by atoms with E-state index in [9.17, 15) is 8.78 Å². The monoisotopic (exact) mass is 277 g/mol. The first-order valence-corrected chi connectivity index (χ1v) is 6.42. The van der Waals surface area contributed by atoms with E-state index in [0.717, 1.165) is 0 Å². The molecule has 1 N–H and O–H groups in total. The lowest BCUT2D eigenvalue weighted by Crippen LogP contribution is -2.15. The third-order valence-electron chi connectivity index (χ3n) is 3.24. The van der Waals surface area contributed by atoms with Crippen molar-refractivity contribution in [3.05, 3.63) is 59.2 Å². The number of nitrogens with one attached hydrogen (secondary N) is 1. The third-order valence-corrected chi connectivity index (χ3v) is 3.24. The van der Waals surface area contributed by atoms with Crippen LogP contribution in [-0.4, -0.2) is 7.05 Å². The van der Waals surface area contributed by atoms with Crippen LogP contribution in [0.2, 0.25) is 0 Å². The minimum Gasteiger partial charge on any atom is -0.457 e. The molecule has 106 valence electrons. The molecule has 2 aromatic rings. The molecule has 0 heterocycles. The molecule has 0 aromatic heterocycles. The highest BCUT2D eigenvalue weighted by atomic mass is 19.1. The van der Waals surface area contributed by atoms with Crippen molar-refractivity contribution in [2.45, 2.75) is 19.9 Å². The molecule has 0 aliphatic carbocycles. The van der Waals surface area contributed by atoms with Crippen molar-refractivity contribution in [2.75, 3.05) is 7.05 Å². The Balaban J connectivity index is 2.40. The predicted molar refractivity (Wildman–Crippen MR) is 75.1 cm³/mol. The van der Waals surface area contributed by atoms with Gasteiger partial charge in [-0.3, -0.25) is 0 Å². The van der Waals surface area contributed by atoms with Gasteiger partial charge < -0.3 is 10.1 Å². The van der Waals surface area contributed by atoms with E-state index in [-0.39, 0.29) is 17.7 Å². The van der Waals surface area contributed by atoms with Gasteiger partial charge in [0.15, 0.2) is 0 Å². The topological polar surface area (TPSA) is 21.3 Å². The van der Waals surface area contributed by atoms with Crippen LogP contribution in [0.15, 0.2) is 36.4 Å². The molecule has 0 spiro atoms. The minimum atomic E-state index is -0.330. The molecule has 1 unspecified atom stereocenters. The number of hydrogen-bond donors (Lipinski definition) is 1. The molecule has 0 radical (unpaired) electrons. The summed E-state index contributed by atoms with van der Waals surface area (Å²) >= 11 is 0. The summed E-state index contributed by atoms with van der Waals surface area (Å²) in [5.41, 5.74) is 1.12. The van der Waals surface area contributed by atoms with Gasteiger partial charge in [-0.25, -0.2) is 8.78 Å². The smallest absolute Gasteiger partial charge is 0.135 e. The molecule has 2 aromatic carbocycles. The second kappa shape index (κ2) is 6.01. The Bertz CT molecular complexity index is 613. The molecule has 0 saturated heterocycles. The summed E-state index contributed by atoms with van der Waals surface area (Å²) in [6.07, 6.45) is 0. The number of halogens is 2. The maximum atomic E-state index is 14.0. The second-order valence-corrected chi connectivity index (χ2v) is 4.67. The van der Waals surface area contributed by atoms with E-state index in [1.54, 1.807) is 32.2 Å². The highest BCUT2D eigenvalue weighted by Crippen LogP contribution is 2.33. The van der Waals surface area contributed by atoms with Gasteiger partial charge in [0.25, 0.3) is 0 Å². The van der Waals surface area contributed by atoms with Gasteiger partial charge in [0.1, 0.15) is 23.1 Å². The Hall–Kier alpha value is -1.94. The summed E-state index contributed by atoms with van der Waals surface area (Å²) in [5.74, 6) is 0.296. The second-order valence-electron chi connectivity index (χ2n) is 4.67. The van der Waals surface area contributed by atoms with E-state index < -0.39 is 0 Å². The van der Waals surface area contributed by atoms with Crippen LogP contribution in [-0.2, 0) is 0 Å². The fourth-order valence-electron chi connectivity index (χ4n) is 2.02. The maximum Gasteiger partial charge on any atom is 0.135 e. The van der Waals surface area contributed by atoms with Crippen LogP contribution < -0.4 is 10.1 Å². The van der Waals surface area contributed by atoms with Crippen LogP contribution in [0.1, 0.15) is 24.1 Å². The molecule has 0 aliphatic rings. The number of hydrogen-bond acceptors (Lipinski definition) is 2. The fraction of sp³-hybridized carbons (Fsp3) is 0.250. The zero-order valence-electron chi connectivity index (χ0n) is 11.7. The summed E-state index contributed by atoms with van der Waals surface area (Å²) < 4.78 is 32.8. The third kappa shape index (κ3) is 2.96. The van der Waals surface area contributed by atoms with Crippen molar-refractivity contribution < 1.29 is 13.5 Å². The van der Waals surface area contributed by atoms with Crippen molar-refractivity contribution in [1.29, 1.82) is 0 Å². The van der Waals surface area contributed by atoms with Crippen molar-refractivity contribution in [3.63, 3.8) is 0 Å². The zero-order valence-corrected chi connectivity index (χ0v) is 11.7. The highest BCUT2D eigenvalue weighted by molar-refractivity contribution is 5.42. The van der Waals surface area contributed by atoms with Gasteiger partial charge in [-0.05, 0) is 56.8 Å². The average Bonchev–Trinajstić information content (AvgIpc) is 2.41. The van der Waals surface area contributed by atoms with E-state index in [1.165, 1.54) is 18.2 Å². The molecule has 0 aliphatic heterocycles. The Morgan fingerprint density at radius 1 is 1.10 bits per heavy atom. The molecule has 2 nitrogen and oxygen atoms in total. The minimum absolute atomic E-state index is 0.188. The van der Waals surface area contributed by atoms with E-state index in [4.69, 9.17) is 4.74 Å². The van der Waals surface area contributed by atoms with E-state index in [0.29, 0.717) is 22.6 Å². The SMILES string of the molecule is CNC(C)c1c(F)cccc1Oc1ccc(F)cc1C. The molecule has 0 fully saturated rings.